The van der Waals surface area contributed by atoms with Crippen LogP contribution in [0.25, 0.3) is 21.1 Å². The third-order valence-electron chi connectivity index (χ3n) is 5.81. The third-order valence-corrected chi connectivity index (χ3v) is 6.64. The molecule has 0 bridgehead atoms. The molecule has 0 aliphatic rings. The quantitative estimate of drug-likeness (QED) is 0.431. The number of aryl methyl sites for hydroxylation is 3. The molecule has 4 aromatic rings. The lowest BCUT2D eigenvalue weighted by atomic mass is 10.1. The number of hydrogen-bond donors (Lipinski definition) is 1. The van der Waals surface area contributed by atoms with Crippen LogP contribution in [0.5, 0.6) is 0 Å². The second-order valence-electron chi connectivity index (χ2n) is 8.36. The first-order chi connectivity index (χ1) is 14.8. The molecule has 1 unspecified atom stereocenters. The summed E-state index contributed by atoms with van der Waals surface area (Å²) in [7, 11) is 0. The summed E-state index contributed by atoms with van der Waals surface area (Å²) in [6.45, 7) is 8.50. The van der Waals surface area contributed by atoms with E-state index in [0.717, 1.165) is 44.4 Å². The molecule has 2 heterocycles. The smallest absolute Gasteiger partial charge is 0.329 e. The van der Waals surface area contributed by atoms with Gasteiger partial charge < -0.3 is 5.11 Å². The summed E-state index contributed by atoms with van der Waals surface area (Å²) in [5.41, 5.74) is 5.69. The second-order valence-corrected chi connectivity index (χ2v) is 9.16. The number of carboxylic acids is 1. The molecule has 2 aromatic carbocycles. The summed E-state index contributed by atoms with van der Waals surface area (Å²) in [6.07, 6.45) is 1.37. The Balaban J connectivity index is 1.91. The van der Waals surface area contributed by atoms with Gasteiger partial charge in [0, 0.05) is 11.4 Å². The Labute approximate surface area is 184 Å². The third kappa shape index (κ3) is 3.90. The predicted octanol–water partition coefficient (Wildman–Crippen LogP) is 5.20. The van der Waals surface area contributed by atoms with E-state index in [0.29, 0.717) is 13.0 Å². The maximum Gasteiger partial charge on any atom is 0.329 e. The second kappa shape index (κ2) is 8.30. The molecular weight excluding hydrogens is 410 g/mol. The fourth-order valence-corrected chi connectivity index (χ4v) is 5.50. The number of nitrogens with zero attached hydrogens (tertiary/aromatic N) is 3. The van der Waals surface area contributed by atoms with Crippen LogP contribution in [-0.2, 0) is 11.3 Å². The maximum absolute atomic E-state index is 13.6. The van der Waals surface area contributed by atoms with Gasteiger partial charge in [-0.15, -0.1) is 0 Å². The molecule has 2 aromatic heterocycles. The van der Waals surface area contributed by atoms with Crippen LogP contribution in [0.1, 0.15) is 54.6 Å². The first kappa shape index (κ1) is 21.3. The highest BCUT2D eigenvalue weighted by molar-refractivity contribution is 7.13. The van der Waals surface area contributed by atoms with Gasteiger partial charge in [-0.05, 0) is 73.6 Å². The van der Waals surface area contributed by atoms with Gasteiger partial charge in [0.2, 0.25) is 0 Å². The van der Waals surface area contributed by atoms with E-state index in [1.807, 2.05) is 32.0 Å². The average Bonchev–Trinajstić information content (AvgIpc) is 3.20. The minimum Gasteiger partial charge on any atom is -0.481 e. The minimum absolute atomic E-state index is 0.0706. The number of carboxylic acid groups (broad SMARTS) is 1. The molecule has 0 aliphatic heterocycles. The number of carbonyl (C=O) groups is 1. The first-order valence-electron chi connectivity index (χ1n) is 10.6. The largest absolute Gasteiger partial charge is 0.481 e. The Morgan fingerprint density at radius 3 is 2.61 bits per heavy atom. The molecule has 4 rings (SSSR count). The summed E-state index contributed by atoms with van der Waals surface area (Å²) in [6, 6.07) is 9.81. The summed E-state index contributed by atoms with van der Waals surface area (Å²) >= 11 is 1.45. The van der Waals surface area contributed by atoms with Crippen molar-refractivity contribution >= 4 is 38.6 Å². The Morgan fingerprint density at radius 2 is 1.90 bits per heavy atom. The van der Waals surface area contributed by atoms with Crippen LogP contribution in [0, 0.1) is 20.8 Å². The van der Waals surface area contributed by atoms with Crippen molar-refractivity contribution < 1.29 is 9.90 Å². The Hall–Kier alpha value is -2.93. The fourth-order valence-electron chi connectivity index (χ4n) is 4.53. The van der Waals surface area contributed by atoms with Crippen LogP contribution in [0.15, 0.2) is 35.1 Å². The molecular formula is C24H27N3O3S. The van der Waals surface area contributed by atoms with Crippen molar-refractivity contribution in [2.75, 3.05) is 0 Å². The molecule has 1 atom stereocenters. The van der Waals surface area contributed by atoms with E-state index in [4.69, 9.17) is 0 Å². The van der Waals surface area contributed by atoms with Gasteiger partial charge in [0.05, 0.1) is 34.4 Å². The van der Waals surface area contributed by atoms with Gasteiger partial charge in [-0.1, -0.05) is 25.5 Å². The normalized spacial score (nSPS) is 12.6. The molecule has 0 saturated carbocycles. The highest BCUT2D eigenvalue weighted by atomic mass is 32.1. The topological polar surface area (TPSA) is 77.1 Å². The van der Waals surface area contributed by atoms with Gasteiger partial charge in [-0.3, -0.25) is 13.9 Å². The van der Waals surface area contributed by atoms with Crippen molar-refractivity contribution in [3.8, 4) is 0 Å². The van der Waals surface area contributed by atoms with Crippen molar-refractivity contribution in [3.05, 3.63) is 63.2 Å². The average molecular weight is 438 g/mol. The van der Waals surface area contributed by atoms with Crippen LogP contribution in [0.3, 0.4) is 0 Å². The zero-order valence-electron chi connectivity index (χ0n) is 18.3. The standard InChI is InChI=1S/C24H27N3O3S/c1-5-6-17(12-22(28)29)27-20-10-14(2)7-8-19(20)26(24(27)30)13-18-23-16(4)9-15(3)11-21(23)31-25-18/h7-11,17H,5-6,12-13H2,1-4H3,(H,28,29). The molecule has 0 fully saturated rings. The minimum atomic E-state index is -0.893. The fraction of sp³-hybridized carbons (Fsp3) is 0.375. The molecule has 0 radical (unpaired) electrons. The lowest BCUT2D eigenvalue weighted by molar-refractivity contribution is -0.137. The zero-order chi connectivity index (χ0) is 22.3. The summed E-state index contributed by atoms with van der Waals surface area (Å²) in [5.74, 6) is -0.893. The lowest BCUT2D eigenvalue weighted by Gasteiger charge is -2.16. The van der Waals surface area contributed by atoms with Gasteiger partial charge in [0.1, 0.15) is 0 Å². The summed E-state index contributed by atoms with van der Waals surface area (Å²) in [4.78, 5) is 25.1. The SMILES string of the molecule is CCCC(CC(=O)O)n1c(=O)n(Cc2nsc3cc(C)cc(C)c23)c2ccc(C)cc21. The Bertz CT molecular complexity index is 1350. The summed E-state index contributed by atoms with van der Waals surface area (Å²) in [5, 5.41) is 10.5. The molecule has 0 spiro atoms. The number of fused-ring (bicyclic) bond motifs is 2. The molecule has 162 valence electrons. The summed E-state index contributed by atoms with van der Waals surface area (Å²) < 4.78 is 9.22. The molecule has 1 N–H and O–H groups in total. The molecule has 6 nitrogen and oxygen atoms in total. The van der Waals surface area contributed by atoms with E-state index in [1.54, 1.807) is 9.13 Å². The highest BCUT2D eigenvalue weighted by Gasteiger charge is 2.23. The highest BCUT2D eigenvalue weighted by Crippen LogP contribution is 2.30. The maximum atomic E-state index is 13.6. The van der Waals surface area contributed by atoms with Crippen LogP contribution in [0.4, 0.5) is 0 Å². The lowest BCUT2D eigenvalue weighted by Crippen LogP contribution is -2.29. The van der Waals surface area contributed by atoms with Crippen molar-refractivity contribution in [3.63, 3.8) is 0 Å². The first-order valence-corrected chi connectivity index (χ1v) is 11.4. The number of rotatable bonds is 7. The van der Waals surface area contributed by atoms with E-state index in [2.05, 4.69) is 30.4 Å². The molecule has 7 heteroatoms. The number of aliphatic carboxylic acids is 1. The van der Waals surface area contributed by atoms with Crippen molar-refractivity contribution in [1.82, 2.24) is 13.5 Å². The van der Waals surface area contributed by atoms with Crippen LogP contribution >= 0.6 is 11.5 Å². The molecule has 0 saturated heterocycles. The van der Waals surface area contributed by atoms with E-state index in [-0.39, 0.29) is 18.2 Å². The van der Waals surface area contributed by atoms with E-state index in [1.165, 1.54) is 17.1 Å². The van der Waals surface area contributed by atoms with Gasteiger partial charge in [-0.25, -0.2) is 4.79 Å². The number of benzene rings is 2. The van der Waals surface area contributed by atoms with Crippen molar-refractivity contribution in [2.24, 2.45) is 0 Å². The zero-order valence-corrected chi connectivity index (χ0v) is 19.1. The van der Waals surface area contributed by atoms with Crippen molar-refractivity contribution in [2.45, 2.75) is 59.5 Å². The number of imidazole rings is 1. The van der Waals surface area contributed by atoms with Crippen LogP contribution < -0.4 is 5.69 Å². The van der Waals surface area contributed by atoms with Gasteiger partial charge in [-0.2, -0.15) is 4.37 Å². The van der Waals surface area contributed by atoms with Gasteiger partial charge in [0.25, 0.3) is 0 Å². The van der Waals surface area contributed by atoms with E-state index in [9.17, 15) is 14.7 Å². The van der Waals surface area contributed by atoms with Gasteiger partial charge in [0.15, 0.2) is 0 Å². The molecule has 31 heavy (non-hydrogen) atoms. The van der Waals surface area contributed by atoms with E-state index < -0.39 is 5.97 Å². The van der Waals surface area contributed by atoms with E-state index >= 15 is 0 Å². The number of aromatic nitrogens is 3. The molecule has 0 amide bonds. The van der Waals surface area contributed by atoms with Crippen LogP contribution in [-0.4, -0.2) is 24.6 Å². The monoisotopic (exact) mass is 437 g/mol. The predicted molar refractivity (Wildman–Crippen MR) is 125 cm³/mol. The van der Waals surface area contributed by atoms with Crippen LogP contribution in [0.2, 0.25) is 0 Å². The Kier molecular flexibility index (Phi) is 5.71. The van der Waals surface area contributed by atoms with Crippen molar-refractivity contribution in [1.29, 1.82) is 0 Å². The van der Waals surface area contributed by atoms with Gasteiger partial charge >= 0.3 is 11.7 Å². The number of hydrogen-bond acceptors (Lipinski definition) is 4. The Morgan fingerprint density at radius 1 is 1.13 bits per heavy atom. The molecule has 0 aliphatic carbocycles.